The van der Waals surface area contributed by atoms with Crippen molar-refractivity contribution < 1.29 is 19.1 Å². The van der Waals surface area contributed by atoms with E-state index < -0.39 is 6.04 Å². The maximum atomic E-state index is 14.8. The predicted molar refractivity (Wildman–Crippen MR) is 115 cm³/mol. The molecule has 2 saturated carbocycles. The summed E-state index contributed by atoms with van der Waals surface area (Å²) in [6.07, 6.45) is 5.12. The fourth-order valence-corrected chi connectivity index (χ4v) is 5.99. The third-order valence-corrected chi connectivity index (χ3v) is 7.54. The molecular formula is C23H31FN4O3. The molecule has 7 nitrogen and oxygen atoms in total. The SMILES string of the molecule is O=C1CCC(Nc2ccc(N3CCN(CC4CC5(CC(O)C5)C4)CC3)c(F)c2)C(=O)N1. The highest BCUT2D eigenvalue weighted by Crippen LogP contribution is 2.58. The Balaban J connectivity index is 1.10. The monoisotopic (exact) mass is 430 g/mol. The van der Waals surface area contributed by atoms with Crippen molar-refractivity contribution in [2.45, 2.75) is 50.7 Å². The number of aliphatic hydroxyl groups is 1. The Morgan fingerprint density at radius 2 is 1.87 bits per heavy atom. The number of imide groups is 1. The van der Waals surface area contributed by atoms with Gasteiger partial charge in [0.05, 0.1) is 11.8 Å². The topological polar surface area (TPSA) is 84.9 Å². The molecule has 31 heavy (non-hydrogen) atoms. The number of carbonyl (C=O) groups is 2. The summed E-state index contributed by atoms with van der Waals surface area (Å²) < 4.78 is 14.8. The maximum Gasteiger partial charge on any atom is 0.249 e. The van der Waals surface area contributed by atoms with Gasteiger partial charge in [-0.25, -0.2) is 4.39 Å². The van der Waals surface area contributed by atoms with Gasteiger partial charge in [0.15, 0.2) is 0 Å². The minimum atomic E-state index is -0.514. The van der Waals surface area contributed by atoms with Gasteiger partial charge in [0.1, 0.15) is 11.9 Å². The normalized spacial score (nSPS) is 33.6. The van der Waals surface area contributed by atoms with Crippen LogP contribution in [0.15, 0.2) is 18.2 Å². The average Bonchev–Trinajstić information content (AvgIpc) is 2.68. The Labute approximate surface area is 182 Å². The number of aliphatic hydroxyl groups excluding tert-OH is 1. The molecule has 5 rings (SSSR count). The van der Waals surface area contributed by atoms with Gasteiger partial charge in [-0.2, -0.15) is 0 Å². The van der Waals surface area contributed by atoms with Crippen molar-refractivity contribution in [3.63, 3.8) is 0 Å². The molecule has 4 aliphatic rings. The van der Waals surface area contributed by atoms with Crippen LogP contribution in [-0.4, -0.2) is 66.7 Å². The molecule has 2 amide bonds. The quantitative estimate of drug-likeness (QED) is 0.617. The Bertz CT molecular complexity index is 856. The van der Waals surface area contributed by atoms with Crippen LogP contribution < -0.4 is 15.5 Å². The van der Waals surface area contributed by atoms with Crippen molar-refractivity contribution in [3.8, 4) is 0 Å². The molecule has 2 saturated heterocycles. The van der Waals surface area contributed by atoms with Gasteiger partial charge in [0.2, 0.25) is 11.8 Å². The fourth-order valence-electron chi connectivity index (χ4n) is 5.99. The summed E-state index contributed by atoms with van der Waals surface area (Å²) in [4.78, 5) is 27.7. The second-order valence-corrected chi connectivity index (χ2v) is 9.94. The predicted octanol–water partition coefficient (Wildman–Crippen LogP) is 1.72. The van der Waals surface area contributed by atoms with Gasteiger partial charge >= 0.3 is 0 Å². The van der Waals surface area contributed by atoms with Crippen molar-refractivity contribution in [1.29, 1.82) is 0 Å². The first kappa shape index (κ1) is 20.7. The van der Waals surface area contributed by atoms with Crippen LogP contribution in [0.4, 0.5) is 15.8 Å². The highest BCUT2D eigenvalue weighted by Gasteiger charge is 2.52. The minimum absolute atomic E-state index is 0.0648. The van der Waals surface area contributed by atoms with Crippen LogP contribution in [0.25, 0.3) is 0 Å². The van der Waals surface area contributed by atoms with E-state index in [-0.39, 0.29) is 30.2 Å². The highest BCUT2D eigenvalue weighted by atomic mass is 19.1. The Kier molecular flexibility index (Phi) is 5.38. The second-order valence-electron chi connectivity index (χ2n) is 9.94. The molecule has 0 aromatic heterocycles. The Morgan fingerprint density at radius 3 is 2.52 bits per heavy atom. The second kappa shape index (κ2) is 8.06. The third-order valence-electron chi connectivity index (χ3n) is 7.54. The van der Waals surface area contributed by atoms with Gasteiger partial charge in [-0.3, -0.25) is 19.8 Å². The lowest BCUT2D eigenvalue weighted by atomic mass is 9.50. The van der Waals surface area contributed by atoms with Crippen molar-refractivity contribution in [1.82, 2.24) is 10.2 Å². The van der Waals surface area contributed by atoms with E-state index in [1.165, 1.54) is 18.9 Å². The van der Waals surface area contributed by atoms with Crippen molar-refractivity contribution in [2.75, 3.05) is 42.9 Å². The smallest absolute Gasteiger partial charge is 0.249 e. The molecule has 2 heterocycles. The standard InChI is InChI=1S/C23H31FN4O3/c24-18-9-16(25-19-2-4-21(30)26-22(19)31)1-3-20(18)28-7-5-27(6-8-28)14-15-10-23(11-15)12-17(29)13-23/h1,3,9,15,17,19,25,29H,2,4-8,10-14H2,(H,26,30,31). The zero-order valence-electron chi connectivity index (χ0n) is 17.8. The van der Waals surface area contributed by atoms with E-state index in [0.29, 0.717) is 23.2 Å². The number of hydrogen-bond acceptors (Lipinski definition) is 6. The average molecular weight is 431 g/mol. The van der Waals surface area contributed by atoms with Crippen LogP contribution >= 0.6 is 0 Å². The molecule has 3 N–H and O–H groups in total. The maximum absolute atomic E-state index is 14.8. The fraction of sp³-hybridized carbons (Fsp3) is 0.652. The lowest BCUT2D eigenvalue weighted by molar-refractivity contribution is -0.133. The lowest BCUT2D eigenvalue weighted by Gasteiger charge is -2.57. The summed E-state index contributed by atoms with van der Waals surface area (Å²) in [7, 11) is 0. The number of nitrogens with zero attached hydrogens (tertiary/aromatic N) is 2. The molecule has 0 radical (unpaired) electrons. The molecule has 1 spiro atoms. The largest absolute Gasteiger partial charge is 0.393 e. The van der Waals surface area contributed by atoms with E-state index in [4.69, 9.17) is 0 Å². The van der Waals surface area contributed by atoms with Crippen molar-refractivity contribution in [3.05, 3.63) is 24.0 Å². The molecular weight excluding hydrogens is 399 g/mol. The number of nitrogens with one attached hydrogen (secondary N) is 2. The summed E-state index contributed by atoms with van der Waals surface area (Å²) in [5, 5.41) is 14.9. The first-order valence-corrected chi connectivity index (χ1v) is 11.4. The number of benzene rings is 1. The number of piperazine rings is 1. The molecule has 0 bridgehead atoms. The van der Waals surface area contributed by atoms with E-state index in [2.05, 4.69) is 20.4 Å². The van der Waals surface area contributed by atoms with E-state index >= 15 is 0 Å². The number of piperidine rings is 1. The molecule has 1 aromatic rings. The lowest BCUT2D eigenvalue weighted by Crippen LogP contribution is -2.54. The van der Waals surface area contributed by atoms with E-state index in [9.17, 15) is 19.1 Å². The number of halogens is 1. The summed E-state index contributed by atoms with van der Waals surface area (Å²) in [6.45, 7) is 4.58. The molecule has 1 atom stereocenters. The number of rotatable bonds is 5. The van der Waals surface area contributed by atoms with Crippen molar-refractivity contribution >= 4 is 23.2 Å². The van der Waals surface area contributed by atoms with E-state index in [0.717, 1.165) is 51.5 Å². The van der Waals surface area contributed by atoms with Crippen LogP contribution in [-0.2, 0) is 9.59 Å². The van der Waals surface area contributed by atoms with E-state index in [1.807, 2.05) is 0 Å². The molecule has 8 heteroatoms. The molecule has 1 aromatic carbocycles. The zero-order valence-corrected chi connectivity index (χ0v) is 17.8. The van der Waals surface area contributed by atoms with Gasteiger partial charge in [-0.15, -0.1) is 0 Å². The van der Waals surface area contributed by atoms with Crippen LogP contribution in [0.5, 0.6) is 0 Å². The number of carbonyl (C=O) groups excluding carboxylic acids is 2. The molecule has 1 unspecified atom stereocenters. The Morgan fingerprint density at radius 1 is 1.13 bits per heavy atom. The summed E-state index contributed by atoms with van der Waals surface area (Å²) >= 11 is 0. The van der Waals surface area contributed by atoms with Gasteiger partial charge in [-0.1, -0.05) is 0 Å². The molecule has 168 valence electrons. The van der Waals surface area contributed by atoms with Crippen LogP contribution in [0.2, 0.25) is 0 Å². The van der Waals surface area contributed by atoms with Gasteiger partial charge in [0.25, 0.3) is 0 Å². The number of amides is 2. The summed E-state index contributed by atoms with van der Waals surface area (Å²) in [5.41, 5.74) is 1.60. The van der Waals surface area contributed by atoms with Crippen LogP contribution in [0.3, 0.4) is 0 Å². The van der Waals surface area contributed by atoms with Gasteiger partial charge in [-0.05, 0) is 61.6 Å². The first-order chi connectivity index (χ1) is 14.9. The van der Waals surface area contributed by atoms with Crippen molar-refractivity contribution in [2.24, 2.45) is 11.3 Å². The zero-order chi connectivity index (χ0) is 21.6. The van der Waals surface area contributed by atoms with Crippen LogP contribution in [0, 0.1) is 17.2 Å². The number of anilines is 2. The minimum Gasteiger partial charge on any atom is -0.393 e. The summed E-state index contributed by atoms with van der Waals surface area (Å²) in [6, 6.07) is 4.50. The molecule has 2 aliphatic carbocycles. The molecule has 4 fully saturated rings. The number of hydrogen-bond donors (Lipinski definition) is 3. The first-order valence-electron chi connectivity index (χ1n) is 11.4. The van der Waals surface area contributed by atoms with Crippen LogP contribution in [0.1, 0.15) is 38.5 Å². The summed E-state index contributed by atoms with van der Waals surface area (Å²) in [5.74, 6) is -0.172. The van der Waals surface area contributed by atoms with Gasteiger partial charge in [0, 0.05) is 44.8 Å². The highest BCUT2D eigenvalue weighted by molar-refractivity contribution is 6.01. The molecule has 2 aliphatic heterocycles. The third kappa shape index (κ3) is 4.28. The van der Waals surface area contributed by atoms with E-state index in [1.54, 1.807) is 12.1 Å². The van der Waals surface area contributed by atoms with Gasteiger partial charge < -0.3 is 15.3 Å². The Hall–Kier alpha value is -2.19.